The smallest absolute Gasteiger partial charge is 0.202 e. The first-order valence-electron chi connectivity index (χ1n) is 7.77. The summed E-state index contributed by atoms with van der Waals surface area (Å²) in [6.07, 6.45) is -0.495. The Labute approximate surface area is 133 Å². The lowest BCUT2D eigenvalue weighted by Crippen LogP contribution is -2.24. The van der Waals surface area contributed by atoms with Crippen LogP contribution in [-0.4, -0.2) is 11.9 Å². The van der Waals surface area contributed by atoms with Crippen LogP contribution in [0.15, 0.2) is 42.5 Å². The minimum atomic E-state index is -0.495. The first-order valence-corrected chi connectivity index (χ1v) is 7.77. The highest BCUT2D eigenvalue weighted by Gasteiger charge is 2.18. The molecule has 0 fully saturated rings. The van der Waals surface area contributed by atoms with E-state index in [1.807, 2.05) is 56.3 Å². The Morgan fingerprint density at radius 2 is 1.59 bits per heavy atom. The van der Waals surface area contributed by atoms with Crippen LogP contribution in [0.25, 0.3) is 0 Å². The van der Waals surface area contributed by atoms with Gasteiger partial charge in [-0.25, -0.2) is 0 Å². The topological polar surface area (TPSA) is 26.3 Å². The minimum absolute atomic E-state index is 0.0104. The van der Waals surface area contributed by atoms with Crippen LogP contribution >= 0.6 is 0 Å². The van der Waals surface area contributed by atoms with Crippen molar-refractivity contribution in [2.75, 3.05) is 0 Å². The summed E-state index contributed by atoms with van der Waals surface area (Å²) >= 11 is 0. The summed E-state index contributed by atoms with van der Waals surface area (Å²) in [7, 11) is 0. The lowest BCUT2D eigenvalue weighted by molar-refractivity contribution is 0.0817. The number of rotatable bonds is 5. The lowest BCUT2D eigenvalue weighted by Gasteiger charge is -2.17. The molecule has 0 aliphatic carbocycles. The molecule has 2 nitrogen and oxygen atoms in total. The third kappa shape index (κ3) is 3.56. The highest BCUT2D eigenvalue weighted by molar-refractivity contribution is 5.99. The Hall–Kier alpha value is -2.09. The molecule has 0 heterocycles. The van der Waals surface area contributed by atoms with E-state index in [0.717, 1.165) is 11.3 Å². The van der Waals surface area contributed by atoms with Gasteiger partial charge in [0.25, 0.3) is 0 Å². The summed E-state index contributed by atoms with van der Waals surface area (Å²) in [5.74, 6) is 1.25. The van der Waals surface area contributed by atoms with Crippen LogP contribution in [0.5, 0.6) is 5.75 Å². The van der Waals surface area contributed by atoms with Crippen LogP contribution in [0.2, 0.25) is 0 Å². The molecule has 0 aliphatic heterocycles. The minimum Gasteiger partial charge on any atom is -0.482 e. The number of Topliss-reactive ketones (excluding diaryl/α,β-unsaturated/α-hetero) is 1. The molecule has 0 saturated heterocycles. The maximum Gasteiger partial charge on any atom is 0.202 e. The number of carbonyl (C=O) groups is 1. The van der Waals surface area contributed by atoms with Crippen molar-refractivity contribution in [1.82, 2.24) is 0 Å². The Balaban J connectivity index is 2.13. The zero-order chi connectivity index (χ0) is 16.3. The van der Waals surface area contributed by atoms with Crippen molar-refractivity contribution in [2.24, 2.45) is 0 Å². The van der Waals surface area contributed by atoms with Crippen LogP contribution in [0.4, 0.5) is 0 Å². The number of ketones is 1. The number of hydrogen-bond acceptors (Lipinski definition) is 2. The van der Waals surface area contributed by atoms with Gasteiger partial charge in [0.05, 0.1) is 0 Å². The fourth-order valence-electron chi connectivity index (χ4n) is 2.36. The van der Waals surface area contributed by atoms with E-state index in [1.165, 1.54) is 11.1 Å². The molecule has 0 N–H and O–H groups in total. The van der Waals surface area contributed by atoms with Crippen molar-refractivity contribution in [3.8, 4) is 5.75 Å². The SMILES string of the molecule is Cc1cccc(OC(C)C(=O)c2ccc(C(C)C)cc2)c1C. The number of carbonyl (C=O) groups excluding carboxylic acids is 1. The van der Waals surface area contributed by atoms with Gasteiger partial charge in [-0.05, 0) is 49.4 Å². The van der Waals surface area contributed by atoms with Gasteiger partial charge in [0, 0.05) is 5.56 Å². The van der Waals surface area contributed by atoms with E-state index in [4.69, 9.17) is 4.74 Å². The standard InChI is InChI=1S/C20H24O2/c1-13(2)17-9-11-18(12-10-17)20(21)16(5)22-19-8-6-7-14(3)15(19)4/h6-13,16H,1-5H3. The highest BCUT2D eigenvalue weighted by Crippen LogP contribution is 2.23. The summed E-state index contributed by atoms with van der Waals surface area (Å²) in [6, 6.07) is 13.7. The maximum atomic E-state index is 12.5. The van der Waals surface area contributed by atoms with Crippen molar-refractivity contribution in [3.05, 3.63) is 64.7 Å². The third-order valence-corrected chi connectivity index (χ3v) is 4.09. The molecule has 116 valence electrons. The van der Waals surface area contributed by atoms with Gasteiger partial charge in [-0.1, -0.05) is 50.2 Å². The average molecular weight is 296 g/mol. The predicted molar refractivity (Wildman–Crippen MR) is 90.9 cm³/mol. The average Bonchev–Trinajstić information content (AvgIpc) is 2.51. The largest absolute Gasteiger partial charge is 0.482 e. The molecule has 0 aliphatic rings. The van der Waals surface area contributed by atoms with Gasteiger partial charge in [-0.2, -0.15) is 0 Å². The molecular weight excluding hydrogens is 272 g/mol. The number of benzene rings is 2. The Morgan fingerprint density at radius 3 is 2.18 bits per heavy atom. The zero-order valence-electron chi connectivity index (χ0n) is 14.0. The third-order valence-electron chi connectivity index (χ3n) is 4.09. The summed E-state index contributed by atoms with van der Waals surface area (Å²) in [5.41, 5.74) is 4.18. The van der Waals surface area contributed by atoms with Crippen molar-refractivity contribution < 1.29 is 9.53 Å². The van der Waals surface area contributed by atoms with Crippen molar-refractivity contribution in [1.29, 1.82) is 0 Å². The predicted octanol–water partition coefficient (Wildman–Crippen LogP) is 5.08. The van der Waals surface area contributed by atoms with Crippen molar-refractivity contribution in [3.63, 3.8) is 0 Å². The first kappa shape index (κ1) is 16.3. The van der Waals surface area contributed by atoms with Gasteiger partial charge in [0.2, 0.25) is 5.78 Å². The Morgan fingerprint density at radius 1 is 0.955 bits per heavy atom. The molecular formula is C20H24O2. The van der Waals surface area contributed by atoms with E-state index in [1.54, 1.807) is 6.92 Å². The Kier molecular flexibility index (Phi) is 5.02. The second-order valence-electron chi connectivity index (χ2n) is 6.10. The van der Waals surface area contributed by atoms with Gasteiger partial charge in [-0.15, -0.1) is 0 Å². The second-order valence-corrected chi connectivity index (χ2v) is 6.10. The van der Waals surface area contributed by atoms with E-state index in [-0.39, 0.29) is 5.78 Å². The molecule has 1 atom stereocenters. The van der Waals surface area contributed by atoms with Crippen LogP contribution in [0.3, 0.4) is 0 Å². The molecule has 2 aromatic rings. The molecule has 1 unspecified atom stereocenters. The quantitative estimate of drug-likeness (QED) is 0.719. The van der Waals surface area contributed by atoms with E-state index in [2.05, 4.69) is 13.8 Å². The molecule has 0 radical (unpaired) electrons. The number of hydrogen-bond donors (Lipinski definition) is 0. The van der Waals surface area contributed by atoms with Gasteiger partial charge in [-0.3, -0.25) is 4.79 Å². The second kappa shape index (κ2) is 6.78. The summed E-state index contributed by atoms with van der Waals surface area (Å²) < 4.78 is 5.87. The van der Waals surface area contributed by atoms with Crippen LogP contribution in [-0.2, 0) is 0 Å². The fourth-order valence-corrected chi connectivity index (χ4v) is 2.36. The monoisotopic (exact) mass is 296 g/mol. The molecule has 0 amide bonds. The van der Waals surface area contributed by atoms with Gasteiger partial charge < -0.3 is 4.74 Å². The van der Waals surface area contributed by atoms with Gasteiger partial charge in [0.15, 0.2) is 6.10 Å². The summed E-state index contributed by atoms with van der Waals surface area (Å²) in [5, 5.41) is 0. The van der Waals surface area contributed by atoms with Gasteiger partial charge >= 0.3 is 0 Å². The van der Waals surface area contributed by atoms with Crippen LogP contribution in [0, 0.1) is 13.8 Å². The van der Waals surface area contributed by atoms with E-state index < -0.39 is 6.10 Å². The zero-order valence-corrected chi connectivity index (χ0v) is 14.0. The van der Waals surface area contributed by atoms with E-state index >= 15 is 0 Å². The normalized spacial score (nSPS) is 12.3. The maximum absolute atomic E-state index is 12.5. The van der Waals surface area contributed by atoms with Crippen molar-refractivity contribution in [2.45, 2.75) is 46.6 Å². The van der Waals surface area contributed by atoms with E-state index in [0.29, 0.717) is 11.5 Å². The highest BCUT2D eigenvalue weighted by atomic mass is 16.5. The Bertz CT molecular complexity index is 654. The molecule has 2 aromatic carbocycles. The first-order chi connectivity index (χ1) is 10.4. The van der Waals surface area contributed by atoms with Gasteiger partial charge in [0.1, 0.15) is 5.75 Å². The van der Waals surface area contributed by atoms with Crippen LogP contribution in [0.1, 0.15) is 53.7 Å². The van der Waals surface area contributed by atoms with E-state index in [9.17, 15) is 4.79 Å². The van der Waals surface area contributed by atoms with Crippen molar-refractivity contribution >= 4 is 5.78 Å². The molecule has 0 saturated carbocycles. The molecule has 0 bridgehead atoms. The fraction of sp³-hybridized carbons (Fsp3) is 0.350. The molecule has 2 rings (SSSR count). The summed E-state index contributed by atoms with van der Waals surface area (Å²) in [6.45, 7) is 10.1. The lowest BCUT2D eigenvalue weighted by atomic mass is 9.99. The molecule has 0 spiro atoms. The molecule has 2 heteroatoms. The number of ether oxygens (including phenoxy) is 1. The number of aryl methyl sites for hydroxylation is 1. The molecule has 0 aromatic heterocycles. The summed E-state index contributed by atoms with van der Waals surface area (Å²) in [4.78, 5) is 12.5. The van der Waals surface area contributed by atoms with Crippen LogP contribution < -0.4 is 4.74 Å². The molecule has 22 heavy (non-hydrogen) atoms.